The largest absolute Gasteiger partial charge is 0.281 e. The molecular formula is C12H14ClNO. The van der Waals surface area contributed by atoms with E-state index >= 15 is 0 Å². The predicted molar refractivity (Wildman–Crippen MR) is 60.1 cm³/mol. The highest BCUT2D eigenvalue weighted by atomic mass is 35.5. The summed E-state index contributed by atoms with van der Waals surface area (Å²) in [5.74, 6) is -0.0545. The molecule has 15 heavy (non-hydrogen) atoms. The average Bonchev–Trinajstić information content (AvgIpc) is 2.67. The summed E-state index contributed by atoms with van der Waals surface area (Å²) >= 11 is 5.49. The molecular weight excluding hydrogens is 210 g/mol. The van der Waals surface area contributed by atoms with Crippen LogP contribution in [0.25, 0.3) is 0 Å². The van der Waals surface area contributed by atoms with Gasteiger partial charge in [0.05, 0.1) is 6.07 Å². The lowest BCUT2D eigenvalue weighted by Crippen LogP contribution is -1.96. The molecule has 0 N–H and O–H groups in total. The molecule has 1 rings (SSSR count). The Morgan fingerprint density at radius 2 is 2.13 bits per heavy atom. The highest BCUT2D eigenvalue weighted by Gasteiger charge is 2.59. The zero-order chi connectivity index (χ0) is 11.6. The minimum absolute atomic E-state index is 0.0911. The number of nitriles is 1. The molecule has 1 fully saturated rings. The van der Waals surface area contributed by atoms with Crippen molar-refractivity contribution in [3.63, 3.8) is 0 Å². The zero-order valence-electron chi connectivity index (χ0n) is 9.12. The molecule has 0 saturated heterocycles. The van der Waals surface area contributed by atoms with Gasteiger partial charge in [-0.2, -0.15) is 5.26 Å². The smallest absolute Gasteiger partial charge is 0.225 e. The van der Waals surface area contributed by atoms with Crippen molar-refractivity contribution in [3.8, 4) is 6.07 Å². The van der Waals surface area contributed by atoms with Crippen molar-refractivity contribution in [3.05, 3.63) is 23.8 Å². The van der Waals surface area contributed by atoms with Gasteiger partial charge in [-0.3, -0.25) is 4.79 Å². The van der Waals surface area contributed by atoms with Crippen LogP contribution in [0.5, 0.6) is 0 Å². The van der Waals surface area contributed by atoms with Crippen LogP contribution >= 0.6 is 11.6 Å². The predicted octanol–water partition coefficient (Wildman–Crippen LogP) is 3.05. The van der Waals surface area contributed by atoms with Crippen LogP contribution in [0.3, 0.4) is 0 Å². The normalized spacial score (nSPS) is 28.9. The molecule has 1 aliphatic rings. The van der Waals surface area contributed by atoms with E-state index in [-0.39, 0.29) is 22.5 Å². The van der Waals surface area contributed by atoms with Crippen LogP contribution in [0.4, 0.5) is 0 Å². The van der Waals surface area contributed by atoms with Gasteiger partial charge in [0.2, 0.25) is 5.24 Å². The molecule has 2 atom stereocenters. The van der Waals surface area contributed by atoms with E-state index in [4.69, 9.17) is 16.9 Å². The van der Waals surface area contributed by atoms with Crippen molar-refractivity contribution in [1.82, 2.24) is 0 Å². The van der Waals surface area contributed by atoms with Crippen LogP contribution in [0.1, 0.15) is 20.8 Å². The molecule has 80 valence electrons. The fourth-order valence-corrected chi connectivity index (χ4v) is 2.34. The summed E-state index contributed by atoms with van der Waals surface area (Å²) in [5.41, 5.74) is 0.485. The van der Waals surface area contributed by atoms with Crippen molar-refractivity contribution >= 4 is 16.8 Å². The third-order valence-corrected chi connectivity index (χ3v) is 3.22. The number of nitrogens with zero attached hydrogens (tertiary/aromatic N) is 1. The van der Waals surface area contributed by atoms with Gasteiger partial charge in [0.15, 0.2) is 0 Å². The minimum atomic E-state index is -0.306. The molecule has 0 aliphatic heterocycles. The molecule has 0 amide bonds. The maximum Gasteiger partial charge on any atom is 0.225 e. The van der Waals surface area contributed by atoms with Gasteiger partial charge in [0, 0.05) is 11.5 Å². The van der Waals surface area contributed by atoms with Crippen molar-refractivity contribution in [2.24, 2.45) is 17.3 Å². The molecule has 0 radical (unpaired) electrons. The summed E-state index contributed by atoms with van der Waals surface area (Å²) < 4.78 is 0. The summed E-state index contributed by atoms with van der Waals surface area (Å²) in [7, 11) is 0. The van der Waals surface area contributed by atoms with Crippen LogP contribution in [0, 0.1) is 28.6 Å². The van der Waals surface area contributed by atoms with Gasteiger partial charge in [-0.15, -0.1) is 0 Å². The third-order valence-electron chi connectivity index (χ3n) is 2.99. The number of carbonyl (C=O) groups excluding carboxylic acids is 1. The monoisotopic (exact) mass is 223 g/mol. The molecule has 0 aromatic rings. The van der Waals surface area contributed by atoms with Crippen LogP contribution in [-0.4, -0.2) is 5.24 Å². The zero-order valence-corrected chi connectivity index (χ0v) is 9.88. The molecule has 0 spiro atoms. The van der Waals surface area contributed by atoms with Gasteiger partial charge < -0.3 is 0 Å². The van der Waals surface area contributed by atoms with Gasteiger partial charge in [0.1, 0.15) is 0 Å². The van der Waals surface area contributed by atoms with Crippen LogP contribution in [0.2, 0.25) is 0 Å². The Labute approximate surface area is 95.2 Å². The van der Waals surface area contributed by atoms with E-state index in [1.165, 1.54) is 0 Å². The van der Waals surface area contributed by atoms with E-state index in [9.17, 15) is 4.79 Å². The molecule has 1 aliphatic carbocycles. The topological polar surface area (TPSA) is 40.9 Å². The first-order valence-corrected chi connectivity index (χ1v) is 5.27. The lowest BCUT2D eigenvalue weighted by atomic mass is 10.1. The molecule has 0 aromatic carbocycles. The van der Waals surface area contributed by atoms with Crippen LogP contribution in [0.15, 0.2) is 23.8 Å². The SMILES string of the molecule is CC=CC(C#N)=C[C@@H]1[C@@H](C(=O)Cl)C1(C)C. The first-order chi connectivity index (χ1) is 6.95. The van der Waals surface area contributed by atoms with Gasteiger partial charge in [-0.1, -0.05) is 26.0 Å². The van der Waals surface area contributed by atoms with Gasteiger partial charge in [0.25, 0.3) is 0 Å². The lowest BCUT2D eigenvalue weighted by Gasteiger charge is -1.96. The van der Waals surface area contributed by atoms with E-state index in [0.29, 0.717) is 5.57 Å². The Balaban J connectivity index is 2.86. The van der Waals surface area contributed by atoms with Crippen LogP contribution < -0.4 is 0 Å². The number of carbonyl (C=O) groups is 1. The molecule has 0 bridgehead atoms. The fourth-order valence-electron chi connectivity index (χ4n) is 1.93. The number of allylic oxidation sites excluding steroid dienone is 4. The fraction of sp³-hybridized carbons (Fsp3) is 0.500. The maximum atomic E-state index is 11.1. The van der Waals surface area contributed by atoms with Gasteiger partial charge >= 0.3 is 0 Å². The van der Waals surface area contributed by atoms with Crippen LogP contribution in [-0.2, 0) is 4.79 Å². The van der Waals surface area contributed by atoms with E-state index in [0.717, 1.165) is 0 Å². The quantitative estimate of drug-likeness (QED) is 0.419. The van der Waals surface area contributed by atoms with E-state index in [1.54, 1.807) is 6.08 Å². The minimum Gasteiger partial charge on any atom is -0.281 e. The summed E-state index contributed by atoms with van der Waals surface area (Å²) in [6.07, 6.45) is 5.39. The summed E-state index contributed by atoms with van der Waals surface area (Å²) in [4.78, 5) is 11.1. The second-order valence-corrected chi connectivity index (χ2v) is 4.74. The first kappa shape index (κ1) is 12.0. The highest BCUT2D eigenvalue weighted by molar-refractivity contribution is 6.64. The Morgan fingerprint density at radius 3 is 2.47 bits per heavy atom. The molecule has 1 saturated carbocycles. The molecule has 2 nitrogen and oxygen atoms in total. The summed E-state index contributed by atoms with van der Waals surface area (Å²) in [6.45, 7) is 5.83. The first-order valence-electron chi connectivity index (χ1n) is 4.89. The molecule has 0 heterocycles. The second kappa shape index (κ2) is 4.20. The van der Waals surface area contributed by atoms with Gasteiger partial charge in [-0.25, -0.2) is 0 Å². The second-order valence-electron chi connectivity index (χ2n) is 4.36. The standard InChI is InChI=1S/C12H14ClNO/c1-4-5-8(7-14)6-9-10(11(13)15)12(9,2)3/h4-6,9-10H,1-3H3/t9-,10+/m1/s1. The van der Waals surface area contributed by atoms with E-state index < -0.39 is 0 Å². The molecule has 0 aromatic heterocycles. The van der Waals surface area contributed by atoms with E-state index in [2.05, 4.69) is 6.07 Å². The number of hydrogen-bond donors (Lipinski definition) is 0. The summed E-state index contributed by atoms with van der Waals surface area (Å²) in [6, 6.07) is 2.09. The van der Waals surface area contributed by atoms with Crippen molar-refractivity contribution in [2.75, 3.05) is 0 Å². The van der Waals surface area contributed by atoms with Crippen molar-refractivity contribution in [2.45, 2.75) is 20.8 Å². The number of hydrogen-bond acceptors (Lipinski definition) is 2. The third kappa shape index (κ3) is 2.30. The Kier molecular flexibility index (Phi) is 3.36. The summed E-state index contributed by atoms with van der Waals surface area (Å²) in [5, 5.41) is 8.53. The number of rotatable bonds is 3. The maximum absolute atomic E-state index is 11.1. The van der Waals surface area contributed by atoms with Crippen molar-refractivity contribution < 1.29 is 4.79 Å². The average molecular weight is 224 g/mol. The molecule has 3 heteroatoms. The number of halogens is 1. The lowest BCUT2D eigenvalue weighted by molar-refractivity contribution is -0.113. The highest BCUT2D eigenvalue weighted by Crippen LogP contribution is 2.60. The Bertz CT molecular complexity index is 374. The Morgan fingerprint density at radius 1 is 1.53 bits per heavy atom. The molecule has 0 unspecified atom stereocenters. The Hall–Kier alpha value is -1.07. The van der Waals surface area contributed by atoms with Crippen molar-refractivity contribution in [1.29, 1.82) is 5.26 Å². The van der Waals surface area contributed by atoms with Gasteiger partial charge in [-0.05, 0) is 35.9 Å². The van der Waals surface area contributed by atoms with E-state index in [1.807, 2.05) is 32.9 Å².